The van der Waals surface area contributed by atoms with E-state index in [2.05, 4.69) is 4.72 Å². The minimum Gasteiger partial charge on any atom is -0.455 e. The molecule has 0 radical (unpaired) electrons. The zero-order valence-electron chi connectivity index (χ0n) is 17.2. The molecule has 1 heterocycles. The summed E-state index contributed by atoms with van der Waals surface area (Å²) in [7, 11) is -3.93. The number of likely N-dealkylation sites (tertiary alicyclic amines) is 1. The highest BCUT2D eigenvalue weighted by atomic mass is 32.2. The highest BCUT2D eigenvalue weighted by Gasteiger charge is 2.24. The summed E-state index contributed by atoms with van der Waals surface area (Å²) in [6.07, 6.45) is 1.95. The molecule has 6 nitrogen and oxygen atoms in total. The van der Waals surface area contributed by atoms with Gasteiger partial charge >= 0.3 is 0 Å². The van der Waals surface area contributed by atoms with Crippen LogP contribution in [0.25, 0.3) is 0 Å². The lowest BCUT2D eigenvalue weighted by atomic mass is 10.1. The zero-order valence-corrected chi connectivity index (χ0v) is 18.1. The van der Waals surface area contributed by atoms with Gasteiger partial charge in [0.1, 0.15) is 5.75 Å². The first kappa shape index (κ1) is 20.9. The first-order chi connectivity index (χ1) is 14.9. The van der Waals surface area contributed by atoms with Crippen LogP contribution in [-0.2, 0) is 10.0 Å². The predicted molar refractivity (Wildman–Crippen MR) is 120 cm³/mol. The number of para-hydroxylation sites is 3. The molecule has 7 heteroatoms. The van der Waals surface area contributed by atoms with Crippen LogP contribution in [0.3, 0.4) is 0 Å². The van der Waals surface area contributed by atoms with E-state index >= 15 is 0 Å². The Morgan fingerprint density at radius 1 is 0.935 bits per heavy atom. The number of carbonyl (C=O) groups is 1. The van der Waals surface area contributed by atoms with Crippen molar-refractivity contribution in [3.8, 4) is 11.5 Å². The molecule has 0 saturated carbocycles. The number of anilines is 1. The van der Waals surface area contributed by atoms with Crippen molar-refractivity contribution in [3.63, 3.8) is 0 Å². The van der Waals surface area contributed by atoms with E-state index in [0.29, 0.717) is 35.8 Å². The van der Waals surface area contributed by atoms with Gasteiger partial charge in [-0.1, -0.05) is 36.4 Å². The van der Waals surface area contributed by atoms with Crippen molar-refractivity contribution >= 4 is 21.6 Å². The second-order valence-corrected chi connectivity index (χ2v) is 9.18. The van der Waals surface area contributed by atoms with Gasteiger partial charge in [0.05, 0.1) is 10.6 Å². The maximum Gasteiger partial charge on any atom is 0.262 e. The van der Waals surface area contributed by atoms with E-state index < -0.39 is 10.0 Å². The van der Waals surface area contributed by atoms with Crippen LogP contribution in [-0.4, -0.2) is 32.3 Å². The van der Waals surface area contributed by atoms with Crippen molar-refractivity contribution in [2.75, 3.05) is 17.8 Å². The minimum absolute atomic E-state index is 0.0372. The Morgan fingerprint density at radius 2 is 1.61 bits per heavy atom. The Hall–Kier alpha value is -3.32. The third-order valence-electron chi connectivity index (χ3n) is 5.25. The molecule has 1 aliphatic heterocycles. The topological polar surface area (TPSA) is 75.7 Å². The summed E-state index contributed by atoms with van der Waals surface area (Å²) in [5.41, 5.74) is 1.49. The molecular formula is C24H24N2O4S. The summed E-state index contributed by atoms with van der Waals surface area (Å²) in [6, 6.07) is 20.6. The molecule has 0 bridgehead atoms. The maximum absolute atomic E-state index is 13.1. The molecule has 1 N–H and O–H groups in total. The van der Waals surface area contributed by atoms with Gasteiger partial charge in [0.2, 0.25) is 0 Å². The van der Waals surface area contributed by atoms with Gasteiger partial charge in [0, 0.05) is 18.7 Å². The number of sulfonamides is 1. The average Bonchev–Trinajstić information content (AvgIpc) is 3.30. The summed E-state index contributed by atoms with van der Waals surface area (Å²) in [5.74, 6) is 0.862. The molecule has 3 aromatic rings. The lowest BCUT2D eigenvalue weighted by Gasteiger charge is -2.18. The summed E-state index contributed by atoms with van der Waals surface area (Å²) in [4.78, 5) is 14.7. The van der Waals surface area contributed by atoms with Gasteiger partial charge in [0.25, 0.3) is 15.9 Å². The number of nitrogens with one attached hydrogen (secondary N) is 1. The Labute approximate surface area is 182 Å². The molecule has 160 valence electrons. The molecule has 0 aliphatic carbocycles. The number of amides is 1. The maximum atomic E-state index is 13.1. The van der Waals surface area contributed by atoms with Crippen LogP contribution in [0.4, 0.5) is 5.69 Å². The number of hydrogen-bond donors (Lipinski definition) is 1. The molecule has 1 fully saturated rings. The van der Waals surface area contributed by atoms with Gasteiger partial charge < -0.3 is 9.64 Å². The molecule has 0 spiro atoms. The Kier molecular flexibility index (Phi) is 5.95. The Morgan fingerprint density at radius 3 is 2.35 bits per heavy atom. The fourth-order valence-corrected chi connectivity index (χ4v) is 4.64. The van der Waals surface area contributed by atoms with Gasteiger partial charge in [-0.2, -0.15) is 0 Å². The van der Waals surface area contributed by atoms with Crippen LogP contribution >= 0.6 is 0 Å². The molecule has 0 unspecified atom stereocenters. The molecular weight excluding hydrogens is 412 g/mol. The lowest BCUT2D eigenvalue weighted by molar-refractivity contribution is 0.0792. The van der Waals surface area contributed by atoms with E-state index in [4.69, 9.17) is 4.74 Å². The predicted octanol–water partition coefficient (Wildman–Crippen LogP) is 4.82. The van der Waals surface area contributed by atoms with E-state index in [1.807, 2.05) is 25.1 Å². The lowest BCUT2D eigenvalue weighted by Crippen LogP contribution is -2.28. The van der Waals surface area contributed by atoms with Crippen molar-refractivity contribution in [2.45, 2.75) is 24.7 Å². The molecule has 0 aromatic heterocycles. The minimum atomic E-state index is -3.93. The normalized spacial score (nSPS) is 13.8. The number of carbonyl (C=O) groups excluding carboxylic acids is 1. The van der Waals surface area contributed by atoms with Gasteiger partial charge in [0.15, 0.2) is 5.75 Å². The van der Waals surface area contributed by atoms with Crippen LogP contribution < -0.4 is 9.46 Å². The van der Waals surface area contributed by atoms with E-state index in [-0.39, 0.29) is 10.8 Å². The average molecular weight is 437 g/mol. The number of hydrogen-bond acceptors (Lipinski definition) is 4. The van der Waals surface area contributed by atoms with Gasteiger partial charge in [-0.05, 0) is 61.7 Å². The third kappa shape index (κ3) is 4.72. The van der Waals surface area contributed by atoms with Gasteiger partial charge in [-0.3, -0.25) is 9.52 Å². The molecule has 1 aliphatic rings. The SMILES string of the molecule is Cc1ccc(S(=O)(=O)Nc2ccccc2Oc2ccccc2)cc1C(=O)N1CCCC1. The molecule has 0 atom stereocenters. The zero-order chi connectivity index (χ0) is 21.8. The fraction of sp³-hybridized carbons (Fsp3) is 0.208. The quantitative estimate of drug-likeness (QED) is 0.601. The third-order valence-corrected chi connectivity index (χ3v) is 6.61. The number of benzene rings is 3. The number of aryl methyl sites for hydroxylation is 1. The standard InChI is InChI=1S/C24H24N2O4S/c1-18-13-14-20(17-21(18)24(27)26-15-7-8-16-26)31(28,29)25-22-11-5-6-12-23(22)30-19-9-3-2-4-10-19/h2-6,9-14,17,25H,7-8,15-16H2,1H3. The second-order valence-electron chi connectivity index (χ2n) is 7.49. The number of rotatable bonds is 6. The second kappa shape index (κ2) is 8.81. The first-order valence-corrected chi connectivity index (χ1v) is 11.7. The van der Waals surface area contributed by atoms with E-state index in [1.165, 1.54) is 12.1 Å². The van der Waals surface area contributed by atoms with Crippen molar-refractivity contribution in [2.24, 2.45) is 0 Å². The highest BCUT2D eigenvalue weighted by Crippen LogP contribution is 2.31. The molecule has 3 aromatic carbocycles. The van der Waals surface area contributed by atoms with E-state index in [0.717, 1.165) is 18.4 Å². The highest BCUT2D eigenvalue weighted by molar-refractivity contribution is 7.92. The number of nitrogens with zero attached hydrogens (tertiary/aromatic N) is 1. The van der Waals surface area contributed by atoms with Crippen molar-refractivity contribution < 1.29 is 17.9 Å². The number of ether oxygens (including phenoxy) is 1. The molecule has 4 rings (SSSR count). The summed E-state index contributed by atoms with van der Waals surface area (Å²) in [5, 5.41) is 0. The van der Waals surface area contributed by atoms with Crippen LogP contribution in [0.15, 0.2) is 77.7 Å². The molecule has 1 saturated heterocycles. The van der Waals surface area contributed by atoms with Crippen LogP contribution in [0.2, 0.25) is 0 Å². The van der Waals surface area contributed by atoms with Gasteiger partial charge in [-0.25, -0.2) is 8.42 Å². The summed E-state index contributed by atoms with van der Waals surface area (Å²) < 4.78 is 34.7. The van der Waals surface area contributed by atoms with Crippen molar-refractivity contribution in [1.29, 1.82) is 0 Å². The van der Waals surface area contributed by atoms with Crippen molar-refractivity contribution in [3.05, 3.63) is 83.9 Å². The Balaban J connectivity index is 1.61. The summed E-state index contributed by atoms with van der Waals surface area (Å²) in [6.45, 7) is 3.23. The first-order valence-electron chi connectivity index (χ1n) is 10.2. The van der Waals surface area contributed by atoms with E-state index in [9.17, 15) is 13.2 Å². The summed E-state index contributed by atoms with van der Waals surface area (Å²) >= 11 is 0. The van der Waals surface area contributed by atoms with Gasteiger partial charge in [-0.15, -0.1) is 0 Å². The Bertz CT molecular complexity index is 1190. The van der Waals surface area contributed by atoms with Crippen molar-refractivity contribution in [1.82, 2.24) is 4.90 Å². The molecule has 1 amide bonds. The fourth-order valence-electron chi connectivity index (χ4n) is 3.55. The smallest absolute Gasteiger partial charge is 0.262 e. The monoisotopic (exact) mass is 436 g/mol. The van der Waals surface area contributed by atoms with Crippen LogP contribution in [0.1, 0.15) is 28.8 Å². The van der Waals surface area contributed by atoms with E-state index in [1.54, 1.807) is 47.4 Å². The largest absolute Gasteiger partial charge is 0.455 e. The van der Waals surface area contributed by atoms with Crippen LogP contribution in [0, 0.1) is 6.92 Å². The molecule has 31 heavy (non-hydrogen) atoms. The van der Waals surface area contributed by atoms with Crippen LogP contribution in [0.5, 0.6) is 11.5 Å².